The topological polar surface area (TPSA) is 119 Å². The zero-order chi connectivity index (χ0) is 16.5. The molecule has 2 aliphatic rings. The number of esters is 1. The molecule has 0 spiro atoms. The highest BCUT2D eigenvalue weighted by Gasteiger charge is 2.54. The molecular weight excluding hydrogens is 288 g/mol. The van der Waals surface area contributed by atoms with Crippen molar-refractivity contribution in [2.45, 2.75) is 63.6 Å². The third-order valence-corrected chi connectivity index (χ3v) is 4.22. The summed E-state index contributed by atoms with van der Waals surface area (Å²) >= 11 is 0. The van der Waals surface area contributed by atoms with Crippen LogP contribution in [0.2, 0.25) is 0 Å². The number of hydrogen-bond acceptors (Lipinski definition) is 5. The summed E-state index contributed by atoms with van der Waals surface area (Å²) in [6.45, 7) is 4.02. The van der Waals surface area contributed by atoms with E-state index in [1.54, 1.807) is 0 Å². The Morgan fingerprint density at radius 3 is 2.32 bits per heavy atom. The van der Waals surface area contributed by atoms with E-state index in [9.17, 15) is 14.4 Å². The van der Waals surface area contributed by atoms with Crippen LogP contribution in [0.4, 0.5) is 0 Å². The Hall–Kier alpha value is -1.63. The molecule has 7 heteroatoms. The summed E-state index contributed by atoms with van der Waals surface area (Å²) in [5.41, 5.74) is 4.51. The predicted molar refractivity (Wildman–Crippen MR) is 77.8 cm³/mol. The number of amides is 1. The maximum absolute atomic E-state index is 12.4. The fraction of sp³-hybridized carbons (Fsp3) is 0.800. The van der Waals surface area contributed by atoms with E-state index in [4.69, 9.17) is 15.6 Å². The second kappa shape index (κ2) is 6.24. The van der Waals surface area contributed by atoms with Crippen molar-refractivity contribution in [2.75, 3.05) is 0 Å². The van der Waals surface area contributed by atoms with Crippen LogP contribution < -0.4 is 11.1 Å². The molecule has 0 heterocycles. The van der Waals surface area contributed by atoms with Gasteiger partial charge in [0.2, 0.25) is 5.91 Å². The largest absolute Gasteiger partial charge is 0.481 e. The van der Waals surface area contributed by atoms with E-state index in [-0.39, 0.29) is 12.0 Å². The van der Waals surface area contributed by atoms with Crippen molar-refractivity contribution in [3.8, 4) is 0 Å². The van der Waals surface area contributed by atoms with E-state index in [2.05, 4.69) is 5.32 Å². The van der Waals surface area contributed by atoms with E-state index in [0.717, 1.165) is 12.8 Å². The molecule has 0 aliphatic heterocycles. The number of nitrogens with two attached hydrogens (primary N) is 1. The monoisotopic (exact) mass is 312 g/mol. The zero-order valence-corrected chi connectivity index (χ0v) is 13.0. The number of carboxylic acids is 1. The van der Waals surface area contributed by atoms with E-state index in [0.29, 0.717) is 18.8 Å². The van der Waals surface area contributed by atoms with Gasteiger partial charge in [-0.2, -0.15) is 0 Å². The van der Waals surface area contributed by atoms with Crippen LogP contribution in [0.5, 0.6) is 0 Å². The van der Waals surface area contributed by atoms with Crippen LogP contribution in [0.1, 0.15) is 46.0 Å². The molecule has 4 N–H and O–H groups in total. The standard InChI is InChI=1S/C15H24N2O5/c1-8(2)12(9-3-4-9)22-14(21)15(5-6-15)17-13(20)10(16)7-11(18)19/h8-10,12H,3-7,16H2,1-2H3,(H,17,20)(H,18,19)/t10-,12?/m0/s1. The van der Waals surface area contributed by atoms with E-state index in [1.807, 2.05) is 13.8 Å². The SMILES string of the molecule is CC(C)C(OC(=O)C1(NC(=O)[C@@H](N)CC(=O)O)CC1)C1CC1. The van der Waals surface area contributed by atoms with Crippen LogP contribution in [0.25, 0.3) is 0 Å². The van der Waals surface area contributed by atoms with Gasteiger partial charge in [-0.05, 0) is 37.5 Å². The molecule has 2 saturated carbocycles. The lowest BCUT2D eigenvalue weighted by atomic mass is 10.0. The van der Waals surface area contributed by atoms with Crippen molar-refractivity contribution in [2.24, 2.45) is 17.6 Å². The smallest absolute Gasteiger partial charge is 0.332 e. The molecular formula is C15H24N2O5. The number of rotatable bonds is 8. The van der Waals surface area contributed by atoms with Gasteiger partial charge in [0.15, 0.2) is 0 Å². The van der Waals surface area contributed by atoms with Gasteiger partial charge in [-0.15, -0.1) is 0 Å². The third-order valence-electron chi connectivity index (χ3n) is 4.22. The number of carboxylic acid groups (broad SMARTS) is 1. The Morgan fingerprint density at radius 1 is 1.32 bits per heavy atom. The Labute approximate surface area is 129 Å². The van der Waals surface area contributed by atoms with Gasteiger partial charge in [0.1, 0.15) is 11.6 Å². The van der Waals surface area contributed by atoms with E-state index < -0.39 is 35.8 Å². The summed E-state index contributed by atoms with van der Waals surface area (Å²) < 4.78 is 5.61. The highest BCUT2D eigenvalue weighted by Crippen LogP contribution is 2.41. The van der Waals surface area contributed by atoms with Crippen LogP contribution in [-0.4, -0.2) is 40.6 Å². The van der Waals surface area contributed by atoms with Crippen LogP contribution in [-0.2, 0) is 19.1 Å². The minimum Gasteiger partial charge on any atom is -0.481 e. The molecule has 1 amide bonds. The molecule has 0 saturated heterocycles. The third kappa shape index (κ3) is 3.97. The van der Waals surface area contributed by atoms with Gasteiger partial charge in [-0.3, -0.25) is 9.59 Å². The average Bonchev–Trinajstić information content (AvgIpc) is 3.28. The van der Waals surface area contributed by atoms with Crippen molar-refractivity contribution in [3.63, 3.8) is 0 Å². The van der Waals surface area contributed by atoms with Gasteiger partial charge in [-0.1, -0.05) is 13.8 Å². The molecule has 0 aromatic rings. The maximum Gasteiger partial charge on any atom is 0.332 e. The highest BCUT2D eigenvalue weighted by molar-refractivity contribution is 5.93. The summed E-state index contributed by atoms with van der Waals surface area (Å²) in [7, 11) is 0. The molecule has 0 aromatic carbocycles. The Kier molecular flexibility index (Phi) is 4.75. The summed E-state index contributed by atoms with van der Waals surface area (Å²) in [6, 6.07) is -1.16. The van der Waals surface area contributed by atoms with Gasteiger partial charge in [0.25, 0.3) is 0 Å². The lowest BCUT2D eigenvalue weighted by Gasteiger charge is -2.25. The van der Waals surface area contributed by atoms with Gasteiger partial charge >= 0.3 is 11.9 Å². The van der Waals surface area contributed by atoms with Crippen molar-refractivity contribution >= 4 is 17.8 Å². The summed E-state index contributed by atoms with van der Waals surface area (Å²) in [4.78, 5) is 34.8. The van der Waals surface area contributed by atoms with E-state index in [1.165, 1.54) is 0 Å². The normalized spacial score (nSPS) is 21.8. The fourth-order valence-electron chi connectivity index (χ4n) is 2.55. The molecule has 124 valence electrons. The van der Waals surface area contributed by atoms with Crippen LogP contribution >= 0.6 is 0 Å². The lowest BCUT2D eigenvalue weighted by Crippen LogP contribution is -2.52. The Bertz CT molecular complexity index is 467. The molecule has 0 radical (unpaired) electrons. The summed E-state index contributed by atoms with van der Waals surface area (Å²) in [5, 5.41) is 11.2. The number of nitrogens with one attached hydrogen (secondary N) is 1. The quantitative estimate of drug-likeness (QED) is 0.559. The number of ether oxygens (including phenoxy) is 1. The average molecular weight is 312 g/mol. The predicted octanol–water partition coefficient (Wildman–Crippen LogP) is 0.415. The summed E-state index contributed by atoms with van der Waals surface area (Å²) in [5.74, 6) is -1.54. The van der Waals surface area contributed by atoms with Crippen LogP contribution in [0.3, 0.4) is 0 Å². The van der Waals surface area contributed by atoms with Gasteiger partial charge in [-0.25, -0.2) is 4.79 Å². The first-order chi connectivity index (χ1) is 10.2. The summed E-state index contributed by atoms with van der Waals surface area (Å²) in [6.07, 6.45) is 2.57. The lowest BCUT2D eigenvalue weighted by molar-refractivity contribution is -0.158. The molecule has 2 aliphatic carbocycles. The molecule has 0 aromatic heterocycles. The molecule has 0 bridgehead atoms. The van der Waals surface area contributed by atoms with Crippen LogP contribution in [0.15, 0.2) is 0 Å². The number of carbonyl (C=O) groups excluding carboxylic acids is 2. The first-order valence-electron chi connectivity index (χ1n) is 7.75. The number of hydrogen-bond donors (Lipinski definition) is 3. The molecule has 2 rings (SSSR count). The first kappa shape index (κ1) is 16.7. The van der Waals surface area contributed by atoms with Gasteiger partial charge in [0, 0.05) is 0 Å². The van der Waals surface area contributed by atoms with E-state index >= 15 is 0 Å². The molecule has 1 unspecified atom stereocenters. The van der Waals surface area contributed by atoms with Crippen molar-refractivity contribution in [1.82, 2.24) is 5.32 Å². The van der Waals surface area contributed by atoms with Crippen molar-refractivity contribution in [1.29, 1.82) is 0 Å². The minimum absolute atomic E-state index is 0.116. The zero-order valence-electron chi connectivity index (χ0n) is 13.0. The number of aliphatic carboxylic acids is 1. The Balaban J connectivity index is 1.91. The minimum atomic E-state index is -1.16. The fourth-order valence-corrected chi connectivity index (χ4v) is 2.55. The molecule has 22 heavy (non-hydrogen) atoms. The second-order valence-corrected chi connectivity index (χ2v) is 6.73. The maximum atomic E-state index is 12.4. The second-order valence-electron chi connectivity index (χ2n) is 6.73. The Morgan fingerprint density at radius 2 is 1.91 bits per heavy atom. The highest BCUT2D eigenvalue weighted by atomic mass is 16.5. The van der Waals surface area contributed by atoms with Gasteiger partial charge < -0.3 is 20.9 Å². The van der Waals surface area contributed by atoms with Crippen LogP contribution in [0, 0.1) is 11.8 Å². The van der Waals surface area contributed by atoms with Crippen molar-refractivity contribution < 1.29 is 24.2 Å². The first-order valence-corrected chi connectivity index (χ1v) is 7.75. The van der Waals surface area contributed by atoms with Gasteiger partial charge in [0.05, 0.1) is 12.5 Å². The molecule has 7 nitrogen and oxygen atoms in total. The number of carbonyl (C=O) groups is 3. The molecule has 2 fully saturated rings. The molecule has 2 atom stereocenters. The van der Waals surface area contributed by atoms with Crippen molar-refractivity contribution in [3.05, 3.63) is 0 Å².